The molecule has 3 aromatic rings. The topological polar surface area (TPSA) is 45.2 Å². The van der Waals surface area contributed by atoms with Crippen molar-refractivity contribution in [1.82, 2.24) is 4.98 Å². The SMILES string of the molecule is COc1ccc2[nH]cc(C3(O)CCc4ccccc43)c2c1. The fourth-order valence-electron chi connectivity index (χ4n) is 3.44. The standard InChI is InChI=1S/C18H17NO2/c1-21-13-6-7-17-14(10-13)16(11-19-17)18(20)9-8-12-4-2-3-5-15(12)18/h2-7,10-11,19-20H,8-9H2,1H3. The van der Waals surface area contributed by atoms with E-state index in [0.29, 0.717) is 0 Å². The monoisotopic (exact) mass is 279 g/mol. The Bertz CT molecular complexity index is 821. The molecule has 3 heteroatoms. The molecule has 0 radical (unpaired) electrons. The van der Waals surface area contributed by atoms with Crippen LogP contribution in [0.3, 0.4) is 0 Å². The number of methoxy groups -OCH3 is 1. The lowest BCUT2D eigenvalue weighted by Crippen LogP contribution is -2.23. The molecule has 1 aliphatic carbocycles. The number of fused-ring (bicyclic) bond motifs is 2. The summed E-state index contributed by atoms with van der Waals surface area (Å²) in [5.41, 5.74) is 3.29. The molecule has 106 valence electrons. The molecule has 0 bridgehead atoms. The van der Waals surface area contributed by atoms with Gasteiger partial charge in [0.15, 0.2) is 0 Å². The van der Waals surface area contributed by atoms with Gasteiger partial charge < -0.3 is 14.8 Å². The van der Waals surface area contributed by atoms with Crippen LogP contribution in [-0.2, 0) is 12.0 Å². The van der Waals surface area contributed by atoms with Gasteiger partial charge in [-0.1, -0.05) is 24.3 Å². The van der Waals surface area contributed by atoms with Crippen LogP contribution < -0.4 is 4.74 Å². The van der Waals surface area contributed by atoms with Crippen LogP contribution in [0.5, 0.6) is 5.75 Å². The minimum atomic E-state index is -0.915. The van der Waals surface area contributed by atoms with Crippen molar-refractivity contribution < 1.29 is 9.84 Å². The normalized spacial score (nSPS) is 20.7. The molecule has 1 heterocycles. The number of aryl methyl sites for hydroxylation is 1. The fraction of sp³-hybridized carbons (Fsp3) is 0.222. The summed E-state index contributed by atoms with van der Waals surface area (Å²) in [7, 11) is 1.66. The van der Waals surface area contributed by atoms with Crippen LogP contribution >= 0.6 is 0 Å². The molecule has 0 saturated carbocycles. The third-order valence-corrected chi connectivity index (χ3v) is 4.55. The van der Waals surface area contributed by atoms with E-state index in [0.717, 1.165) is 40.6 Å². The average molecular weight is 279 g/mol. The van der Waals surface area contributed by atoms with Crippen LogP contribution in [0.4, 0.5) is 0 Å². The maximum Gasteiger partial charge on any atom is 0.119 e. The lowest BCUT2D eigenvalue weighted by molar-refractivity contribution is 0.0845. The number of aliphatic hydroxyl groups is 1. The molecule has 1 aromatic heterocycles. The number of rotatable bonds is 2. The number of ether oxygens (including phenoxy) is 1. The Hall–Kier alpha value is -2.26. The molecule has 4 rings (SSSR count). The summed E-state index contributed by atoms with van der Waals surface area (Å²) in [5.74, 6) is 0.804. The maximum atomic E-state index is 11.3. The van der Waals surface area contributed by atoms with Gasteiger partial charge in [-0.2, -0.15) is 0 Å². The molecule has 21 heavy (non-hydrogen) atoms. The van der Waals surface area contributed by atoms with Gasteiger partial charge in [-0.05, 0) is 42.2 Å². The van der Waals surface area contributed by atoms with E-state index in [1.54, 1.807) is 7.11 Å². The van der Waals surface area contributed by atoms with Crippen LogP contribution in [0, 0.1) is 0 Å². The fourth-order valence-corrected chi connectivity index (χ4v) is 3.44. The van der Waals surface area contributed by atoms with Crippen molar-refractivity contribution in [3.63, 3.8) is 0 Å². The lowest BCUT2D eigenvalue weighted by atomic mass is 9.87. The first-order valence-electron chi connectivity index (χ1n) is 7.19. The van der Waals surface area contributed by atoms with Gasteiger partial charge in [-0.3, -0.25) is 0 Å². The molecule has 0 aliphatic heterocycles. The van der Waals surface area contributed by atoms with E-state index in [9.17, 15) is 5.11 Å². The predicted molar refractivity (Wildman–Crippen MR) is 82.6 cm³/mol. The van der Waals surface area contributed by atoms with Gasteiger partial charge in [0.1, 0.15) is 11.4 Å². The van der Waals surface area contributed by atoms with Crippen LogP contribution in [0.15, 0.2) is 48.7 Å². The third kappa shape index (κ3) is 1.71. The molecule has 0 spiro atoms. The number of aromatic amines is 1. The number of hydrogen-bond acceptors (Lipinski definition) is 2. The third-order valence-electron chi connectivity index (χ3n) is 4.55. The lowest BCUT2D eigenvalue weighted by Gasteiger charge is -2.24. The van der Waals surface area contributed by atoms with Crippen molar-refractivity contribution in [2.75, 3.05) is 7.11 Å². The van der Waals surface area contributed by atoms with Crippen molar-refractivity contribution in [1.29, 1.82) is 0 Å². The highest BCUT2D eigenvalue weighted by atomic mass is 16.5. The smallest absolute Gasteiger partial charge is 0.119 e. The molecule has 2 aromatic carbocycles. The molecule has 3 nitrogen and oxygen atoms in total. The van der Waals surface area contributed by atoms with Crippen LogP contribution in [0.2, 0.25) is 0 Å². The largest absolute Gasteiger partial charge is 0.497 e. The molecule has 1 aliphatic rings. The van der Waals surface area contributed by atoms with Crippen molar-refractivity contribution in [2.45, 2.75) is 18.4 Å². The summed E-state index contributed by atoms with van der Waals surface area (Å²) in [6, 6.07) is 14.1. The summed E-state index contributed by atoms with van der Waals surface area (Å²) in [6.45, 7) is 0. The molecule has 0 amide bonds. The second-order valence-corrected chi connectivity index (χ2v) is 5.63. The van der Waals surface area contributed by atoms with Crippen molar-refractivity contribution in [2.24, 2.45) is 0 Å². The number of hydrogen-bond donors (Lipinski definition) is 2. The summed E-state index contributed by atoms with van der Waals surface area (Å²) in [4.78, 5) is 3.26. The van der Waals surface area contributed by atoms with Crippen molar-refractivity contribution in [3.8, 4) is 5.75 Å². The number of H-pyrrole nitrogens is 1. The number of aromatic nitrogens is 1. The minimum Gasteiger partial charge on any atom is -0.497 e. The second-order valence-electron chi connectivity index (χ2n) is 5.63. The average Bonchev–Trinajstić information content (AvgIpc) is 3.10. The van der Waals surface area contributed by atoms with Crippen LogP contribution in [0.25, 0.3) is 10.9 Å². The number of nitrogens with one attached hydrogen (secondary N) is 1. The molecule has 0 saturated heterocycles. The van der Waals surface area contributed by atoms with E-state index >= 15 is 0 Å². The van der Waals surface area contributed by atoms with Crippen molar-refractivity contribution in [3.05, 3.63) is 65.4 Å². The van der Waals surface area contributed by atoms with E-state index in [1.807, 2.05) is 42.6 Å². The first-order chi connectivity index (χ1) is 10.2. The van der Waals surface area contributed by atoms with Gasteiger partial charge >= 0.3 is 0 Å². The Labute approximate surface area is 123 Å². The molecule has 1 atom stereocenters. The Morgan fingerprint density at radius 1 is 1.14 bits per heavy atom. The van der Waals surface area contributed by atoms with E-state index in [2.05, 4.69) is 11.1 Å². The Balaban J connectivity index is 1.94. The minimum absolute atomic E-state index is 0.719. The quantitative estimate of drug-likeness (QED) is 0.755. The highest BCUT2D eigenvalue weighted by Gasteiger charge is 2.39. The first kappa shape index (κ1) is 12.5. The summed E-state index contributed by atoms with van der Waals surface area (Å²) < 4.78 is 5.32. The van der Waals surface area contributed by atoms with Gasteiger partial charge in [0, 0.05) is 22.7 Å². The van der Waals surface area contributed by atoms with E-state index in [-0.39, 0.29) is 0 Å². The highest BCUT2D eigenvalue weighted by molar-refractivity contribution is 5.86. The zero-order valence-electron chi connectivity index (χ0n) is 11.9. The van der Waals surface area contributed by atoms with Gasteiger partial charge in [-0.15, -0.1) is 0 Å². The maximum absolute atomic E-state index is 11.3. The Morgan fingerprint density at radius 3 is 2.86 bits per heavy atom. The molecular formula is C18H17NO2. The molecule has 1 unspecified atom stereocenters. The van der Waals surface area contributed by atoms with E-state index < -0.39 is 5.60 Å². The summed E-state index contributed by atoms with van der Waals surface area (Å²) in [6.07, 6.45) is 3.55. The van der Waals surface area contributed by atoms with Crippen LogP contribution in [-0.4, -0.2) is 17.2 Å². The molecule has 0 fully saturated rings. The van der Waals surface area contributed by atoms with E-state index in [1.165, 1.54) is 5.56 Å². The Morgan fingerprint density at radius 2 is 2.00 bits per heavy atom. The van der Waals surface area contributed by atoms with Gasteiger partial charge in [-0.25, -0.2) is 0 Å². The molecular weight excluding hydrogens is 262 g/mol. The summed E-state index contributed by atoms with van der Waals surface area (Å²) in [5, 5.41) is 12.3. The van der Waals surface area contributed by atoms with Gasteiger partial charge in [0.05, 0.1) is 7.11 Å². The second kappa shape index (κ2) is 4.37. The van der Waals surface area contributed by atoms with Gasteiger partial charge in [0.2, 0.25) is 0 Å². The Kier molecular flexibility index (Phi) is 2.59. The van der Waals surface area contributed by atoms with Gasteiger partial charge in [0.25, 0.3) is 0 Å². The highest BCUT2D eigenvalue weighted by Crippen LogP contribution is 2.44. The molecule has 2 N–H and O–H groups in total. The predicted octanol–water partition coefficient (Wildman–Crippen LogP) is 3.36. The zero-order chi connectivity index (χ0) is 14.4. The van der Waals surface area contributed by atoms with Crippen molar-refractivity contribution >= 4 is 10.9 Å². The van der Waals surface area contributed by atoms with Crippen LogP contribution in [0.1, 0.15) is 23.1 Å². The number of benzene rings is 2. The first-order valence-corrected chi connectivity index (χ1v) is 7.19. The summed E-state index contributed by atoms with van der Waals surface area (Å²) >= 11 is 0. The zero-order valence-corrected chi connectivity index (χ0v) is 11.9. The van der Waals surface area contributed by atoms with E-state index in [4.69, 9.17) is 4.74 Å².